The lowest BCUT2D eigenvalue weighted by Crippen LogP contribution is -2.54. The van der Waals surface area contributed by atoms with Crippen LogP contribution in [-0.4, -0.2) is 91.1 Å². The molecule has 9 nitrogen and oxygen atoms in total. The van der Waals surface area contributed by atoms with E-state index in [0.717, 1.165) is 12.5 Å². The average molecular weight is 401 g/mol. The number of hydrogen-bond donors (Lipinski definition) is 1. The molecule has 0 spiro atoms. The summed E-state index contributed by atoms with van der Waals surface area (Å²) < 4.78 is 33.7. The van der Waals surface area contributed by atoms with Gasteiger partial charge in [-0.2, -0.15) is 9.40 Å². The summed E-state index contributed by atoms with van der Waals surface area (Å²) in [5.74, 6) is 0.855. The summed E-state index contributed by atoms with van der Waals surface area (Å²) in [6.07, 6.45) is 3.70. The van der Waals surface area contributed by atoms with Gasteiger partial charge in [-0.25, -0.2) is 8.42 Å². The van der Waals surface area contributed by atoms with Gasteiger partial charge >= 0.3 is 0 Å². The highest BCUT2D eigenvalue weighted by Crippen LogP contribution is 2.09. The Kier molecular flexibility index (Phi) is 8.52. The first-order chi connectivity index (χ1) is 12.9. The van der Waals surface area contributed by atoms with Gasteiger partial charge in [0.1, 0.15) is 0 Å². The van der Waals surface area contributed by atoms with Crippen LogP contribution >= 0.6 is 0 Å². The Bertz CT molecular complexity index is 667. The standard InChI is InChI=1S/C17H32N6O3S/c1-4-18-17(19-7-9-22-8-5-6-20-22)21-10-12-23(13-11-21)27(24,25)15-14-26-16(2)3/h5-6,8,16H,4,7,9-15H2,1-3H3,(H,18,19). The summed E-state index contributed by atoms with van der Waals surface area (Å²) >= 11 is 0. The highest BCUT2D eigenvalue weighted by molar-refractivity contribution is 7.89. The van der Waals surface area contributed by atoms with E-state index in [1.165, 1.54) is 0 Å². The summed E-state index contributed by atoms with van der Waals surface area (Å²) in [7, 11) is -3.28. The molecule has 0 radical (unpaired) electrons. The van der Waals surface area contributed by atoms with Crippen LogP contribution in [0.15, 0.2) is 23.5 Å². The van der Waals surface area contributed by atoms with Gasteiger partial charge in [-0.1, -0.05) is 0 Å². The van der Waals surface area contributed by atoms with Crippen LogP contribution in [-0.2, 0) is 21.3 Å². The van der Waals surface area contributed by atoms with Gasteiger partial charge < -0.3 is 15.0 Å². The maximum atomic E-state index is 12.4. The van der Waals surface area contributed by atoms with Crippen molar-refractivity contribution in [1.82, 2.24) is 24.3 Å². The average Bonchev–Trinajstić information content (AvgIpc) is 3.14. The Labute approximate surface area is 162 Å². The molecule has 1 N–H and O–H groups in total. The number of nitrogens with zero attached hydrogens (tertiary/aromatic N) is 5. The fraction of sp³-hybridized carbons (Fsp3) is 0.765. The van der Waals surface area contributed by atoms with Gasteiger partial charge in [0, 0.05) is 45.1 Å². The predicted octanol–water partition coefficient (Wildman–Crippen LogP) is 0.221. The molecule has 0 aromatic carbocycles. The third-order valence-corrected chi connectivity index (χ3v) is 6.04. The number of piperazine rings is 1. The predicted molar refractivity (Wildman–Crippen MR) is 106 cm³/mol. The van der Waals surface area contributed by atoms with Gasteiger partial charge in [-0.15, -0.1) is 0 Å². The molecule has 1 aliphatic rings. The van der Waals surface area contributed by atoms with E-state index in [1.807, 2.05) is 37.7 Å². The highest BCUT2D eigenvalue weighted by atomic mass is 32.2. The molecule has 0 aliphatic carbocycles. The van der Waals surface area contributed by atoms with Crippen molar-refractivity contribution in [1.29, 1.82) is 0 Å². The Morgan fingerprint density at radius 2 is 2.04 bits per heavy atom. The summed E-state index contributed by atoms with van der Waals surface area (Å²) in [6, 6.07) is 1.89. The summed E-state index contributed by atoms with van der Waals surface area (Å²) in [6.45, 7) is 10.3. The first-order valence-electron chi connectivity index (χ1n) is 9.52. The normalized spacial score (nSPS) is 16.9. The van der Waals surface area contributed by atoms with E-state index in [0.29, 0.717) is 39.3 Å². The molecular formula is C17H32N6O3S. The molecule has 1 fully saturated rings. The Morgan fingerprint density at radius 1 is 1.30 bits per heavy atom. The second-order valence-electron chi connectivity index (χ2n) is 6.63. The lowest BCUT2D eigenvalue weighted by atomic mass is 10.4. The van der Waals surface area contributed by atoms with Crippen LogP contribution < -0.4 is 5.32 Å². The zero-order valence-corrected chi connectivity index (χ0v) is 17.4. The smallest absolute Gasteiger partial charge is 0.216 e. The van der Waals surface area contributed by atoms with Crippen LogP contribution in [0, 0.1) is 0 Å². The van der Waals surface area contributed by atoms with E-state index >= 15 is 0 Å². The molecule has 2 heterocycles. The third kappa shape index (κ3) is 7.11. The molecule has 0 saturated carbocycles. The SMILES string of the molecule is CCNC(=NCCn1cccn1)N1CCN(S(=O)(=O)CCOC(C)C)CC1. The first-order valence-corrected chi connectivity index (χ1v) is 11.1. The minimum atomic E-state index is -3.28. The van der Waals surface area contributed by atoms with Gasteiger partial charge in [0.15, 0.2) is 5.96 Å². The lowest BCUT2D eigenvalue weighted by molar-refractivity contribution is 0.0904. The number of aromatic nitrogens is 2. The maximum absolute atomic E-state index is 12.4. The molecule has 10 heteroatoms. The largest absolute Gasteiger partial charge is 0.378 e. The molecule has 0 amide bonds. The first kappa shape index (κ1) is 21.6. The monoisotopic (exact) mass is 400 g/mol. The van der Waals surface area contributed by atoms with Crippen molar-refractivity contribution in [2.75, 3.05) is 51.6 Å². The number of ether oxygens (including phenoxy) is 1. The van der Waals surface area contributed by atoms with Gasteiger partial charge in [0.25, 0.3) is 0 Å². The van der Waals surface area contributed by atoms with E-state index in [1.54, 1.807) is 10.5 Å². The minimum Gasteiger partial charge on any atom is -0.378 e. The number of guanidine groups is 1. The molecule has 154 valence electrons. The van der Waals surface area contributed by atoms with Crippen molar-refractivity contribution in [2.45, 2.75) is 33.4 Å². The fourth-order valence-corrected chi connectivity index (χ4v) is 4.10. The van der Waals surface area contributed by atoms with Crippen LogP contribution in [0.2, 0.25) is 0 Å². The molecule has 27 heavy (non-hydrogen) atoms. The van der Waals surface area contributed by atoms with E-state index in [4.69, 9.17) is 4.74 Å². The maximum Gasteiger partial charge on any atom is 0.216 e. The van der Waals surface area contributed by atoms with Gasteiger partial charge in [0.05, 0.1) is 31.6 Å². The van der Waals surface area contributed by atoms with Crippen molar-refractivity contribution >= 4 is 16.0 Å². The zero-order valence-electron chi connectivity index (χ0n) is 16.5. The molecule has 1 aliphatic heterocycles. The van der Waals surface area contributed by atoms with Crippen LogP contribution in [0.4, 0.5) is 0 Å². The lowest BCUT2D eigenvalue weighted by Gasteiger charge is -2.35. The fourth-order valence-electron chi connectivity index (χ4n) is 2.81. The molecule has 1 saturated heterocycles. The van der Waals surface area contributed by atoms with Crippen molar-refractivity contribution < 1.29 is 13.2 Å². The number of hydrogen-bond acceptors (Lipinski definition) is 5. The van der Waals surface area contributed by atoms with Gasteiger partial charge in [0.2, 0.25) is 10.0 Å². The van der Waals surface area contributed by atoms with E-state index in [9.17, 15) is 8.42 Å². The molecular weight excluding hydrogens is 368 g/mol. The van der Waals surface area contributed by atoms with Crippen molar-refractivity contribution in [2.24, 2.45) is 4.99 Å². The van der Waals surface area contributed by atoms with Crippen LogP contribution in [0.25, 0.3) is 0 Å². The van der Waals surface area contributed by atoms with Gasteiger partial charge in [-0.3, -0.25) is 9.67 Å². The third-order valence-electron chi connectivity index (χ3n) is 4.21. The number of nitrogens with one attached hydrogen (secondary N) is 1. The number of sulfonamides is 1. The molecule has 2 rings (SSSR count). The second kappa shape index (κ2) is 10.6. The summed E-state index contributed by atoms with van der Waals surface area (Å²) in [5.41, 5.74) is 0. The van der Waals surface area contributed by atoms with Crippen molar-refractivity contribution in [3.05, 3.63) is 18.5 Å². The van der Waals surface area contributed by atoms with Gasteiger partial charge in [-0.05, 0) is 26.8 Å². The molecule has 0 unspecified atom stereocenters. The summed E-state index contributed by atoms with van der Waals surface area (Å²) in [4.78, 5) is 6.77. The van der Waals surface area contributed by atoms with Crippen molar-refractivity contribution in [3.63, 3.8) is 0 Å². The summed E-state index contributed by atoms with van der Waals surface area (Å²) in [5, 5.41) is 7.46. The Hall–Kier alpha value is -1.65. The van der Waals surface area contributed by atoms with Crippen LogP contribution in [0.3, 0.4) is 0 Å². The highest BCUT2D eigenvalue weighted by Gasteiger charge is 2.27. The van der Waals surface area contributed by atoms with Crippen LogP contribution in [0.1, 0.15) is 20.8 Å². The van der Waals surface area contributed by atoms with E-state index in [-0.39, 0.29) is 18.5 Å². The second-order valence-corrected chi connectivity index (χ2v) is 8.71. The van der Waals surface area contributed by atoms with E-state index < -0.39 is 10.0 Å². The molecule has 1 aromatic heterocycles. The van der Waals surface area contributed by atoms with Crippen LogP contribution in [0.5, 0.6) is 0 Å². The van der Waals surface area contributed by atoms with Crippen molar-refractivity contribution in [3.8, 4) is 0 Å². The zero-order chi connectivity index (χ0) is 19.7. The number of rotatable bonds is 9. The quantitative estimate of drug-likeness (QED) is 0.471. The molecule has 0 atom stereocenters. The Morgan fingerprint density at radius 3 is 2.63 bits per heavy atom. The number of aliphatic imine (C=N–C) groups is 1. The minimum absolute atomic E-state index is 0.0310. The topological polar surface area (TPSA) is 92.1 Å². The molecule has 0 bridgehead atoms. The Balaban J connectivity index is 1.85. The van der Waals surface area contributed by atoms with E-state index in [2.05, 4.69) is 20.3 Å². The molecule has 1 aromatic rings.